The number of nitrogens with zero attached hydrogens (tertiary/aromatic N) is 2. The maximum atomic E-state index is 12.4. The van der Waals surface area contributed by atoms with Crippen LogP contribution >= 0.6 is 0 Å². The van der Waals surface area contributed by atoms with Crippen molar-refractivity contribution < 1.29 is 13.2 Å². The molecule has 1 amide bonds. The van der Waals surface area contributed by atoms with Gasteiger partial charge in [0.15, 0.2) is 0 Å². The van der Waals surface area contributed by atoms with E-state index < -0.39 is 15.9 Å². The van der Waals surface area contributed by atoms with Gasteiger partial charge in [0.25, 0.3) is 0 Å². The minimum Gasteiger partial charge on any atom is -0.324 e. The summed E-state index contributed by atoms with van der Waals surface area (Å²) in [5.74, 6) is -0.380. The standard InChI is InChI=1S/C19H21N3O3S/c1-14(2)17-9-4-5-10-18(17)22(26(3,24)25)13-19(23)21-16-8-6-7-15(11-16)12-20/h4-11,14H,13H2,1-3H3,(H,21,23). The molecule has 0 aliphatic heterocycles. The number of amides is 1. The van der Waals surface area contributed by atoms with E-state index in [-0.39, 0.29) is 12.5 Å². The Morgan fingerprint density at radius 2 is 1.88 bits per heavy atom. The van der Waals surface area contributed by atoms with Gasteiger partial charge in [-0.1, -0.05) is 38.1 Å². The molecule has 0 aliphatic carbocycles. The molecular weight excluding hydrogens is 350 g/mol. The number of benzene rings is 2. The van der Waals surface area contributed by atoms with Gasteiger partial charge in [-0.15, -0.1) is 0 Å². The normalized spacial score (nSPS) is 11.0. The van der Waals surface area contributed by atoms with Crippen molar-refractivity contribution in [2.75, 3.05) is 22.4 Å². The molecule has 0 unspecified atom stereocenters. The average Bonchev–Trinajstić information content (AvgIpc) is 2.59. The van der Waals surface area contributed by atoms with Gasteiger partial charge in [0, 0.05) is 5.69 Å². The summed E-state index contributed by atoms with van der Waals surface area (Å²) >= 11 is 0. The number of nitrogens with one attached hydrogen (secondary N) is 1. The number of hydrogen-bond donors (Lipinski definition) is 1. The molecule has 0 atom stereocenters. The number of rotatable bonds is 6. The lowest BCUT2D eigenvalue weighted by Gasteiger charge is -2.25. The monoisotopic (exact) mass is 371 g/mol. The minimum absolute atomic E-state index is 0.103. The fraction of sp³-hybridized carbons (Fsp3) is 0.263. The number of hydrogen-bond acceptors (Lipinski definition) is 4. The summed E-state index contributed by atoms with van der Waals surface area (Å²) in [6, 6.07) is 15.6. The first-order chi connectivity index (χ1) is 12.2. The highest BCUT2D eigenvalue weighted by atomic mass is 32.2. The van der Waals surface area contributed by atoms with E-state index in [4.69, 9.17) is 5.26 Å². The number of carbonyl (C=O) groups is 1. The molecule has 136 valence electrons. The van der Waals surface area contributed by atoms with Crippen LogP contribution in [-0.2, 0) is 14.8 Å². The van der Waals surface area contributed by atoms with E-state index in [2.05, 4.69) is 5.32 Å². The minimum atomic E-state index is -3.65. The maximum Gasteiger partial charge on any atom is 0.245 e. The van der Waals surface area contributed by atoms with Gasteiger partial charge in [0.2, 0.25) is 15.9 Å². The average molecular weight is 371 g/mol. The first-order valence-corrected chi connectivity index (χ1v) is 9.94. The maximum absolute atomic E-state index is 12.4. The Morgan fingerprint density at radius 3 is 2.50 bits per heavy atom. The number of para-hydroxylation sites is 1. The highest BCUT2D eigenvalue weighted by Crippen LogP contribution is 2.28. The molecule has 0 bridgehead atoms. The van der Waals surface area contributed by atoms with Crippen LogP contribution in [0.5, 0.6) is 0 Å². The van der Waals surface area contributed by atoms with Crippen LogP contribution in [-0.4, -0.2) is 27.1 Å². The smallest absolute Gasteiger partial charge is 0.245 e. The summed E-state index contributed by atoms with van der Waals surface area (Å²) in [5, 5.41) is 11.6. The third kappa shape index (κ3) is 4.83. The zero-order chi connectivity index (χ0) is 19.3. The van der Waals surface area contributed by atoms with Crippen molar-refractivity contribution in [2.45, 2.75) is 19.8 Å². The van der Waals surface area contributed by atoms with Gasteiger partial charge in [0.1, 0.15) is 6.54 Å². The van der Waals surface area contributed by atoms with Crippen LogP contribution in [0.1, 0.15) is 30.9 Å². The summed E-state index contributed by atoms with van der Waals surface area (Å²) in [6.45, 7) is 3.58. The molecule has 0 spiro atoms. The van der Waals surface area contributed by atoms with Gasteiger partial charge >= 0.3 is 0 Å². The second-order valence-corrected chi connectivity index (χ2v) is 8.13. The summed E-state index contributed by atoms with van der Waals surface area (Å²) in [4.78, 5) is 12.4. The Hall–Kier alpha value is -2.85. The quantitative estimate of drug-likeness (QED) is 0.845. The van der Waals surface area contributed by atoms with Gasteiger partial charge in [-0.3, -0.25) is 9.10 Å². The molecule has 2 rings (SSSR count). The number of sulfonamides is 1. The van der Waals surface area contributed by atoms with Crippen LogP contribution < -0.4 is 9.62 Å². The molecule has 6 nitrogen and oxygen atoms in total. The van der Waals surface area contributed by atoms with Crippen molar-refractivity contribution in [1.29, 1.82) is 5.26 Å². The molecule has 0 saturated heterocycles. The van der Waals surface area contributed by atoms with Crippen molar-refractivity contribution in [1.82, 2.24) is 0 Å². The molecule has 0 aliphatic rings. The zero-order valence-electron chi connectivity index (χ0n) is 14.9. The third-order valence-electron chi connectivity index (χ3n) is 3.79. The predicted molar refractivity (Wildman–Crippen MR) is 103 cm³/mol. The molecule has 1 N–H and O–H groups in total. The fourth-order valence-corrected chi connectivity index (χ4v) is 3.46. The second-order valence-electron chi connectivity index (χ2n) is 6.22. The Morgan fingerprint density at radius 1 is 1.19 bits per heavy atom. The first kappa shape index (κ1) is 19.5. The van der Waals surface area contributed by atoms with Crippen LogP contribution in [0.3, 0.4) is 0 Å². The molecule has 2 aromatic carbocycles. The summed E-state index contributed by atoms with van der Waals surface area (Å²) in [6.07, 6.45) is 1.08. The topological polar surface area (TPSA) is 90.3 Å². The SMILES string of the molecule is CC(C)c1ccccc1N(CC(=O)Nc1cccc(C#N)c1)S(C)(=O)=O. The molecule has 0 radical (unpaired) electrons. The fourth-order valence-electron chi connectivity index (χ4n) is 2.58. The van der Waals surface area contributed by atoms with E-state index in [9.17, 15) is 13.2 Å². The second kappa shape index (κ2) is 8.02. The highest BCUT2D eigenvalue weighted by Gasteiger charge is 2.24. The number of carbonyl (C=O) groups excluding carboxylic acids is 1. The summed E-state index contributed by atoms with van der Waals surface area (Å²) in [7, 11) is -3.65. The van der Waals surface area contributed by atoms with Crippen LogP contribution in [0, 0.1) is 11.3 Å². The van der Waals surface area contributed by atoms with E-state index in [1.54, 1.807) is 30.3 Å². The lowest BCUT2D eigenvalue weighted by atomic mass is 10.0. The third-order valence-corrected chi connectivity index (χ3v) is 4.92. The molecule has 7 heteroatoms. The van der Waals surface area contributed by atoms with Crippen molar-refractivity contribution in [2.24, 2.45) is 0 Å². The van der Waals surface area contributed by atoms with Gasteiger partial charge in [0.05, 0.1) is 23.6 Å². The summed E-state index contributed by atoms with van der Waals surface area (Å²) < 4.78 is 25.7. The van der Waals surface area contributed by atoms with E-state index in [0.29, 0.717) is 16.9 Å². The van der Waals surface area contributed by atoms with Crippen LogP contribution in [0.25, 0.3) is 0 Å². The molecule has 26 heavy (non-hydrogen) atoms. The Labute approximate surface area is 154 Å². The van der Waals surface area contributed by atoms with Gasteiger partial charge < -0.3 is 5.32 Å². The van der Waals surface area contributed by atoms with Crippen LogP contribution in [0.15, 0.2) is 48.5 Å². The van der Waals surface area contributed by atoms with E-state index >= 15 is 0 Å². The van der Waals surface area contributed by atoms with Crippen molar-refractivity contribution in [3.63, 3.8) is 0 Å². The molecule has 0 heterocycles. The van der Waals surface area contributed by atoms with Crippen LogP contribution in [0.2, 0.25) is 0 Å². The molecule has 0 aromatic heterocycles. The number of anilines is 2. The predicted octanol–water partition coefficient (Wildman–Crippen LogP) is 3.09. The molecule has 2 aromatic rings. The molecule has 0 saturated carbocycles. The molecule has 0 fully saturated rings. The van der Waals surface area contributed by atoms with Crippen molar-refractivity contribution in [3.05, 3.63) is 59.7 Å². The van der Waals surface area contributed by atoms with Crippen LogP contribution in [0.4, 0.5) is 11.4 Å². The Balaban J connectivity index is 2.30. The van der Waals surface area contributed by atoms with Crippen molar-refractivity contribution >= 4 is 27.3 Å². The number of nitriles is 1. The van der Waals surface area contributed by atoms with Gasteiger partial charge in [-0.05, 0) is 35.7 Å². The highest BCUT2D eigenvalue weighted by molar-refractivity contribution is 7.92. The summed E-state index contributed by atoms with van der Waals surface area (Å²) in [5.41, 5.74) is 2.19. The van der Waals surface area contributed by atoms with E-state index in [1.165, 1.54) is 6.07 Å². The lowest BCUT2D eigenvalue weighted by Crippen LogP contribution is -2.38. The lowest BCUT2D eigenvalue weighted by molar-refractivity contribution is -0.114. The molecular formula is C19H21N3O3S. The first-order valence-electron chi connectivity index (χ1n) is 8.09. The Bertz CT molecular complexity index is 946. The zero-order valence-corrected chi connectivity index (χ0v) is 15.7. The van der Waals surface area contributed by atoms with E-state index in [0.717, 1.165) is 16.1 Å². The van der Waals surface area contributed by atoms with Gasteiger partial charge in [-0.25, -0.2) is 8.42 Å². The Kier molecular flexibility index (Phi) is 6.01. The largest absolute Gasteiger partial charge is 0.324 e. The van der Waals surface area contributed by atoms with Crippen molar-refractivity contribution in [3.8, 4) is 6.07 Å². The van der Waals surface area contributed by atoms with Gasteiger partial charge in [-0.2, -0.15) is 5.26 Å². The van der Waals surface area contributed by atoms with E-state index in [1.807, 2.05) is 32.0 Å².